The molecular formula is C55H40N2O. The molecule has 10 rings (SSSR count). The van der Waals surface area contributed by atoms with Crippen LogP contribution in [0.5, 0.6) is 5.75 Å². The summed E-state index contributed by atoms with van der Waals surface area (Å²) in [4.78, 5) is 4.61. The van der Waals surface area contributed by atoms with Gasteiger partial charge in [0.25, 0.3) is 0 Å². The summed E-state index contributed by atoms with van der Waals surface area (Å²) < 4.78 is 7.57. The summed E-state index contributed by atoms with van der Waals surface area (Å²) in [5.41, 5.74) is 13.2. The van der Waals surface area contributed by atoms with Gasteiger partial charge >= 0.3 is 0 Å². The highest BCUT2D eigenvalue weighted by Gasteiger charge is 2.44. The number of hydrogen-bond donors (Lipinski definition) is 0. The van der Waals surface area contributed by atoms with Crippen LogP contribution in [0.25, 0.3) is 22.3 Å². The Morgan fingerprint density at radius 3 is 1.33 bits per heavy atom. The van der Waals surface area contributed by atoms with Crippen molar-refractivity contribution in [1.29, 1.82) is 0 Å². The number of para-hydroxylation sites is 3. The highest BCUT2D eigenvalue weighted by Crippen LogP contribution is 2.53. The molecule has 1 aliphatic rings. The summed E-state index contributed by atoms with van der Waals surface area (Å²) >= 11 is 0. The van der Waals surface area contributed by atoms with Crippen molar-refractivity contribution >= 4 is 34.1 Å². The molecule has 0 amide bonds. The molecule has 0 bridgehead atoms. The Labute approximate surface area is 340 Å². The minimum Gasteiger partial charge on any atom is -0.472 e. The maximum absolute atomic E-state index is 7.57. The average Bonchev–Trinajstić information content (AvgIpc) is 3.31. The van der Waals surface area contributed by atoms with Crippen molar-refractivity contribution in [3.63, 3.8) is 0 Å². The normalized spacial score (nSPS) is 14.1. The van der Waals surface area contributed by atoms with Gasteiger partial charge < -0.3 is 14.5 Å². The van der Waals surface area contributed by atoms with Crippen LogP contribution in [0, 0.1) is 0 Å². The van der Waals surface area contributed by atoms with E-state index in [-0.39, 0.29) is 0 Å². The van der Waals surface area contributed by atoms with Gasteiger partial charge in [-0.15, -0.1) is 0 Å². The third-order valence-corrected chi connectivity index (χ3v) is 11.0. The van der Waals surface area contributed by atoms with Crippen LogP contribution in [-0.2, 0) is 5.60 Å². The van der Waals surface area contributed by atoms with E-state index in [0.29, 0.717) is 0 Å². The summed E-state index contributed by atoms with van der Waals surface area (Å²) in [6, 6.07) is 85.8. The molecule has 0 radical (unpaired) electrons. The Morgan fingerprint density at radius 2 is 0.724 bits per heavy atom. The number of rotatable bonds is 9. The second-order valence-electron chi connectivity index (χ2n) is 14.5. The van der Waals surface area contributed by atoms with Gasteiger partial charge in [-0.3, -0.25) is 0 Å². The van der Waals surface area contributed by atoms with Crippen LogP contribution in [0.4, 0.5) is 34.1 Å². The van der Waals surface area contributed by atoms with Gasteiger partial charge in [-0.05, 0) is 89.5 Å². The lowest BCUT2D eigenvalue weighted by atomic mass is 9.75. The maximum atomic E-state index is 7.57. The largest absolute Gasteiger partial charge is 0.472 e. The number of benzene rings is 9. The minimum atomic E-state index is -0.933. The van der Waals surface area contributed by atoms with Crippen LogP contribution < -0.4 is 14.5 Å². The van der Waals surface area contributed by atoms with Gasteiger partial charge in [0.15, 0.2) is 5.60 Å². The molecule has 3 heteroatoms. The molecule has 1 unspecified atom stereocenters. The van der Waals surface area contributed by atoms with Crippen LogP contribution in [0.1, 0.15) is 16.7 Å². The zero-order valence-corrected chi connectivity index (χ0v) is 31.9. The van der Waals surface area contributed by atoms with Crippen molar-refractivity contribution in [3.8, 4) is 28.0 Å². The third-order valence-electron chi connectivity index (χ3n) is 11.0. The lowest BCUT2D eigenvalue weighted by Gasteiger charge is -2.42. The molecule has 0 fully saturated rings. The minimum absolute atomic E-state index is 0.824. The van der Waals surface area contributed by atoms with Gasteiger partial charge in [-0.1, -0.05) is 164 Å². The topological polar surface area (TPSA) is 15.7 Å². The summed E-state index contributed by atoms with van der Waals surface area (Å²) in [6.07, 6.45) is 0. The second-order valence-corrected chi connectivity index (χ2v) is 14.5. The predicted octanol–water partition coefficient (Wildman–Crippen LogP) is 14.6. The lowest BCUT2D eigenvalue weighted by Crippen LogP contribution is -2.38. The molecule has 58 heavy (non-hydrogen) atoms. The highest BCUT2D eigenvalue weighted by molar-refractivity contribution is 5.85. The first kappa shape index (κ1) is 34.8. The van der Waals surface area contributed by atoms with Gasteiger partial charge in [-0.2, -0.15) is 0 Å². The number of anilines is 6. The Kier molecular flexibility index (Phi) is 9.09. The smallest absolute Gasteiger partial charge is 0.185 e. The van der Waals surface area contributed by atoms with Crippen molar-refractivity contribution in [3.05, 3.63) is 259 Å². The number of fused-ring (bicyclic) bond motifs is 3. The molecule has 9 aromatic rings. The van der Waals surface area contributed by atoms with E-state index < -0.39 is 5.60 Å². The first-order valence-corrected chi connectivity index (χ1v) is 19.8. The summed E-state index contributed by atoms with van der Waals surface area (Å²) in [5.74, 6) is 0.824. The van der Waals surface area contributed by atoms with E-state index in [0.717, 1.165) is 67.7 Å². The van der Waals surface area contributed by atoms with Crippen molar-refractivity contribution in [2.45, 2.75) is 5.60 Å². The van der Waals surface area contributed by atoms with Crippen LogP contribution in [0.2, 0.25) is 0 Å². The molecule has 1 heterocycles. The zero-order chi connectivity index (χ0) is 38.7. The molecule has 1 aliphatic heterocycles. The zero-order valence-electron chi connectivity index (χ0n) is 31.9. The quantitative estimate of drug-likeness (QED) is 0.146. The Morgan fingerprint density at radius 1 is 0.293 bits per heavy atom. The standard InChI is InChI=1S/C55H40N2O/c1-6-19-41(20-7-1)42-21-18-30-49(39-42)57(47-28-14-5-15-29-47)48-35-33-44(34-36-48)55(43-22-8-2-9-23-43)53-32-17-16-31-51(53)52-38-37-50(40-54(52)58-55)56(45-24-10-3-11-25-45)46-26-12-4-13-27-46/h1-40H. The fraction of sp³-hybridized carbons (Fsp3) is 0.0182. The maximum Gasteiger partial charge on any atom is 0.185 e. The third kappa shape index (κ3) is 6.29. The van der Waals surface area contributed by atoms with Crippen molar-refractivity contribution in [2.24, 2.45) is 0 Å². The van der Waals surface area contributed by atoms with Crippen LogP contribution in [-0.4, -0.2) is 0 Å². The molecule has 0 saturated heterocycles. The predicted molar refractivity (Wildman–Crippen MR) is 240 cm³/mol. The van der Waals surface area contributed by atoms with E-state index in [1.165, 1.54) is 11.1 Å². The molecule has 0 saturated carbocycles. The fourth-order valence-corrected chi connectivity index (χ4v) is 8.40. The van der Waals surface area contributed by atoms with E-state index in [9.17, 15) is 0 Å². The van der Waals surface area contributed by atoms with E-state index in [2.05, 4.69) is 252 Å². The molecule has 0 aromatic heterocycles. The molecular weight excluding hydrogens is 705 g/mol. The first-order valence-electron chi connectivity index (χ1n) is 19.8. The van der Waals surface area contributed by atoms with Crippen molar-refractivity contribution in [1.82, 2.24) is 0 Å². The SMILES string of the molecule is c1ccc(-c2cccc(N(c3ccccc3)c3ccc(C4(c5ccccc5)Oc5cc(N(c6ccccc6)c6ccccc6)ccc5-c5ccccc54)cc3)c2)cc1. The van der Waals surface area contributed by atoms with E-state index >= 15 is 0 Å². The van der Waals surface area contributed by atoms with E-state index in [1.54, 1.807) is 0 Å². The number of hydrogen-bond acceptors (Lipinski definition) is 3. The lowest BCUT2D eigenvalue weighted by molar-refractivity contribution is 0.152. The van der Waals surface area contributed by atoms with Crippen molar-refractivity contribution < 1.29 is 4.74 Å². The van der Waals surface area contributed by atoms with Gasteiger partial charge in [0.1, 0.15) is 5.75 Å². The monoisotopic (exact) mass is 744 g/mol. The first-order chi connectivity index (χ1) is 28.8. The summed E-state index contributed by atoms with van der Waals surface area (Å²) in [5, 5.41) is 0. The summed E-state index contributed by atoms with van der Waals surface area (Å²) in [6.45, 7) is 0. The van der Waals surface area contributed by atoms with Crippen LogP contribution in [0.3, 0.4) is 0 Å². The molecule has 3 nitrogen and oxygen atoms in total. The molecule has 1 atom stereocenters. The number of ether oxygens (including phenoxy) is 1. The van der Waals surface area contributed by atoms with Gasteiger partial charge in [0, 0.05) is 62.4 Å². The Hall–Kier alpha value is -7.62. The van der Waals surface area contributed by atoms with Crippen molar-refractivity contribution in [2.75, 3.05) is 9.80 Å². The average molecular weight is 745 g/mol. The molecule has 9 aromatic carbocycles. The Balaban J connectivity index is 1.12. The van der Waals surface area contributed by atoms with Gasteiger partial charge in [0.2, 0.25) is 0 Å². The molecule has 276 valence electrons. The van der Waals surface area contributed by atoms with E-state index in [1.807, 2.05) is 0 Å². The second kappa shape index (κ2) is 15.1. The van der Waals surface area contributed by atoms with E-state index in [4.69, 9.17) is 4.74 Å². The van der Waals surface area contributed by atoms with Crippen LogP contribution in [0.15, 0.2) is 243 Å². The van der Waals surface area contributed by atoms with Gasteiger partial charge in [-0.25, -0.2) is 0 Å². The molecule has 0 spiro atoms. The number of nitrogens with zero attached hydrogens (tertiary/aromatic N) is 2. The molecule has 0 N–H and O–H groups in total. The highest BCUT2D eigenvalue weighted by atomic mass is 16.5. The summed E-state index contributed by atoms with van der Waals surface area (Å²) in [7, 11) is 0. The Bertz CT molecular complexity index is 2750. The van der Waals surface area contributed by atoms with Crippen LogP contribution >= 0.6 is 0 Å². The van der Waals surface area contributed by atoms with Gasteiger partial charge in [0.05, 0.1) is 0 Å². The fourth-order valence-electron chi connectivity index (χ4n) is 8.40. The molecule has 0 aliphatic carbocycles.